The number of carbonyl (C=O) groups excluding carboxylic acids is 1. The molecule has 1 heterocycles. The van der Waals surface area contributed by atoms with E-state index in [2.05, 4.69) is 19.4 Å². The molecule has 0 radical (unpaired) electrons. The van der Waals surface area contributed by atoms with Gasteiger partial charge in [-0.15, -0.1) is 0 Å². The first-order chi connectivity index (χ1) is 9.99. The Kier molecular flexibility index (Phi) is 5.31. The van der Waals surface area contributed by atoms with Crippen molar-refractivity contribution < 1.29 is 19.0 Å². The summed E-state index contributed by atoms with van der Waals surface area (Å²) in [7, 11) is 4.27. The molecule has 1 aromatic rings. The number of likely N-dealkylation sites (N-methyl/N-ethyl adjacent to an activating group) is 1. The fraction of sp³-hybridized carbons (Fsp3) is 0.562. The molecule has 1 amide bonds. The van der Waals surface area contributed by atoms with Gasteiger partial charge in [0.05, 0.1) is 38.9 Å². The molecule has 0 bridgehead atoms. The Morgan fingerprint density at radius 1 is 1.38 bits per heavy atom. The van der Waals surface area contributed by atoms with E-state index in [9.17, 15) is 9.18 Å². The first-order valence-electron chi connectivity index (χ1n) is 7.69. The van der Waals surface area contributed by atoms with Crippen LogP contribution < -0.4 is 15.1 Å². The molecule has 0 aliphatic carbocycles. The number of piperidine rings is 1. The predicted molar refractivity (Wildman–Crippen MR) is 81.0 cm³/mol. The lowest BCUT2D eigenvalue weighted by Crippen LogP contribution is -3.20. The highest BCUT2D eigenvalue weighted by Crippen LogP contribution is 2.12. The zero-order chi connectivity index (χ0) is 15.4. The Balaban J connectivity index is 1.94. The maximum absolute atomic E-state index is 13.6. The molecule has 2 rings (SSSR count). The molecule has 21 heavy (non-hydrogen) atoms. The summed E-state index contributed by atoms with van der Waals surface area (Å²) in [5, 5.41) is 2.70. The fourth-order valence-electron chi connectivity index (χ4n) is 2.93. The number of hydrogen-bond donors (Lipinski definition) is 3. The SMILES string of the molecule is C[C@H](C(=O)Nc1ccccc1F)[NH+](C)C1CC[NH+](C)CC1. The van der Waals surface area contributed by atoms with E-state index in [1.54, 1.807) is 23.1 Å². The number of halogens is 1. The van der Waals surface area contributed by atoms with E-state index in [0.29, 0.717) is 6.04 Å². The maximum atomic E-state index is 13.6. The van der Waals surface area contributed by atoms with E-state index in [4.69, 9.17) is 0 Å². The number of quaternary nitrogens is 2. The molecule has 1 saturated heterocycles. The van der Waals surface area contributed by atoms with Crippen molar-refractivity contribution >= 4 is 11.6 Å². The van der Waals surface area contributed by atoms with Crippen LogP contribution in [0.2, 0.25) is 0 Å². The van der Waals surface area contributed by atoms with Gasteiger partial charge in [-0.3, -0.25) is 4.79 Å². The van der Waals surface area contributed by atoms with Crippen LogP contribution in [0.15, 0.2) is 24.3 Å². The average molecular weight is 295 g/mol. The van der Waals surface area contributed by atoms with Gasteiger partial charge in [0, 0.05) is 12.8 Å². The first-order valence-corrected chi connectivity index (χ1v) is 7.69. The van der Waals surface area contributed by atoms with Gasteiger partial charge in [0.2, 0.25) is 0 Å². The normalized spacial score (nSPS) is 25.1. The number of likely N-dealkylation sites (tertiary alicyclic amines) is 1. The third-order valence-corrected chi connectivity index (χ3v) is 4.69. The van der Waals surface area contributed by atoms with Crippen LogP contribution in [-0.4, -0.2) is 45.2 Å². The van der Waals surface area contributed by atoms with Crippen molar-refractivity contribution in [2.75, 3.05) is 32.5 Å². The summed E-state index contributed by atoms with van der Waals surface area (Å²) in [5.41, 5.74) is 0.259. The number of anilines is 1. The Hall–Kier alpha value is -1.46. The molecule has 0 spiro atoms. The minimum Gasteiger partial charge on any atom is -0.337 e. The minimum atomic E-state index is -0.390. The number of amides is 1. The third-order valence-electron chi connectivity index (χ3n) is 4.69. The Morgan fingerprint density at radius 3 is 2.62 bits per heavy atom. The summed E-state index contributed by atoms with van der Waals surface area (Å²) < 4.78 is 13.6. The minimum absolute atomic E-state index is 0.121. The van der Waals surface area contributed by atoms with Gasteiger partial charge in [0.1, 0.15) is 5.82 Å². The van der Waals surface area contributed by atoms with Crippen molar-refractivity contribution in [3.05, 3.63) is 30.1 Å². The standard InChI is InChI=1S/C16H24FN3O/c1-12(20(3)13-8-10-19(2)11-9-13)16(21)18-15-7-5-4-6-14(15)17/h4-7,12-13H,8-11H2,1-3H3,(H,18,21)/p+2/t12-/m1/s1. The fourth-order valence-corrected chi connectivity index (χ4v) is 2.93. The topological polar surface area (TPSA) is 38.0 Å². The highest BCUT2D eigenvalue weighted by Gasteiger charge is 2.32. The highest BCUT2D eigenvalue weighted by molar-refractivity contribution is 5.93. The number of para-hydroxylation sites is 1. The molecule has 0 aromatic heterocycles. The van der Waals surface area contributed by atoms with Crippen LogP contribution in [0.3, 0.4) is 0 Å². The molecule has 5 heteroatoms. The van der Waals surface area contributed by atoms with Gasteiger partial charge in [-0.2, -0.15) is 0 Å². The summed E-state index contributed by atoms with van der Waals surface area (Å²) >= 11 is 0. The van der Waals surface area contributed by atoms with Gasteiger partial charge in [-0.25, -0.2) is 4.39 Å². The van der Waals surface area contributed by atoms with Gasteiger partial charge in [-0.1, -0.05) is 12.1 Å². The first kappa shape index (κ1) is 15.9. The quantitative estimate of drug-likeness (QED) is 0.678. The number of carbonyl (C=O) groups is 1. The predicted octanol–water partition coefficient (Wildman–Crippen LogP) is -0.655. The molecule has 2 atom stereocenters. The van der Waals surface area contributed by atoms with Crippen molar-refractivity contribution in [1.29, 1.82) is 0 Å². The lowest BCUT2D eigenvalue weighted by molar-refractivity contribution is -0.948. The molecule has 116 valence electrons. The molecule has 1 unspecified atom stereocenters. The van der Waals surface area contributed by atoms with E-state index < -0.39 is 5.82 Å². The Morgan fingerprint density at radius 2 is 2.00 bits per heavy atom. The zero-order valence-corrected chi connectivity index (χ0v) is 13.1. The van der Waals surface area contributed by atoms with Crippen LogP contribution in [0.25, 0.3) is 0 Å². The number of rotatable bonds is 4. The van der Waals surface area contributed by atoms with Crippen LogP contribution in [0, 0.1) is 5.82 Å². The van der Waals surface area contributed by atoms with Gasteiger partial charge in [0.25, 0.3) is 5.91 Å². The molecule has 1 aliphatic heterocycles. The second-order valence-electron chi connectivity index (χ2n) is 6.17. The van der Waals surface area contributed by atoms with E-state index in [1.807, 2.05) is 6.92 Å². The van der Waals surface area contributed by atoms with Crippen LogP contribution in [-0.2, 0) is 4.79 Å². The number of benzene rings is 1. The summed E-state index contributed by atoms with van der Waals surface area (Å²) in [6.07, 6.45) is 2.27. The lowest BCUT2D eigenvalue weighted by atomic mass is 10.0. The van der Waals surface area contributed by atoms with Crippen molar-refractivity contribution in [1.82, 2.24) is 0 Å². The molecule has 1 aliphatic rings. The van der Waals surface area contributed by atoms with E-state index in [0.717, 1.165) is 25.9 Å². The van der Waals surface area contributed by atoms with Crippen molar-refractivity contribution in [2.45, 2.75) is 31.8 Å². The second kappa shape index (κ2) is 7.00. The summed E-state index contributed by atoms with van der Waals surface area (Å²) in [6.45, 7) is 4.23. The Bertz CT molecular complexity index is 486. The smallest absolute Gasteiger partial charge is 0.282 e. The number of hydrogen-bond acceptors (Lipinski definition) is 1. The molecule has 1 fully saturated rings. The van der Waals surface area contributed by atoms with Crippen LogP contribution >= 0.6 is 0 Å². The van der Waals surface area contributed by atoms with Gasteiger partial charge >= 0.3 is 0 Å². The summed E-state index contributed by atoms with van der Waals surface area (Å²) in [5.74, 6) is -0.512. The molecule has 4 nitrogen and oxygen atoms in total. The molecule has 1 aromatic carbocycles. The van der Waals surface area contributed by atoms with Gasteiger partial charge in [0.15, 0.2) is 6.04 Å². The van der Waals surface area contributed by atoms with Crippen molar-refractivity contribution in [2.24, 2.45) is 0 Å². The summed E-state index contributed by atoms with van der Waals surface area (Å²) in [6, 6.07) is 6.61. The number of nitrogens with one attached hydrogen (secondary N) is 3. The molecule has 3 N–H and O–H groups in total. The van der Waals surface area contributed by atoms with E-state index in [-0.39, 0.29) is 17.6 Å². The van der Waals surface area contributed by atoms with Gasteiger partial charge in [-0.05, 0) is 19.1 Å². The average Bonchev–Trinajstić information content (AvgIpc) is 2.49. The lowest BCUT2D eigenvalue weighted by Gasteiger charge is -2.33. The monoisotopic (exact) mass is 295 g/mol. The van der Waals surface area contributed by atoms with Crippen molar-refractivity contribution in [3.8, 4) is 0 Å². The summed E-state index contributed by atoms with van der Waals surface area (Å²) in [4.78, 5) is 15.1. The zero-order valence-electron chi connectivity index (χ0n) is 13.1. The Labute approximate surface area is 125 Å². The van der Waals surface area contributed by atoms with E-state index >= 15 is 0 Å². The van der Waals surface area contributed by atoms with E-state index in [1.165, 1.54) is 11.0 Å². The largest absolute Gasteiger partial charge is 0.337 e. The van der Waals surface area contributed by atoms with Crippen LogP contribution in [0.1, 0.15) is 19.8 Å². The highest BCUT2D eigenvalue weighted by atomic mass is 19.1. The van der Waals surface area contributed by atoms with Crippen LogP contribution in [0.4, 0.5) is 10.1 Å². The third kappa shape index (κ3) is 4.02. The second-order valence-corrected chi connectivity index (χ2v) is 6.17. The van der Waals surface area contributed by atoms with Gasteiger partial charge < -0.3 is 15.1 Å². The van der Waals surface area contributed by atoms with Crippen molar-refractivity contribution in [3.63, 3.8) is 0 Å². The molecular weight excluding hydrogens is 269 g/mol. The molecular formula is C16H26FN3O+2. The van der Waals surface area contributed by atoms with Crippen LogP contribution in [0.5, 0.6) is 0 Å². The maximum Gasteiger partial charge on any atom is 0.282 e. The molecule has 0 saturated carbocycles.